The number of amides is 1. The van der Waals surface area contributed by atoms with Crippen molar-refractivity contribution in [1.82, 2.24) is 5.32 Å². The molecule has 0 radical (unpaired) electrons. The number of ether oxygens (including phenoxy) is 1. The van der Waals surface area contributed by atoms with Crippen LogP contribution in [0.1, 0.15) is 20.3 Å². The molecule has 1 atom stereocenters. The molecule has 1 aromatic carbocycles. The van der Waals surface area contributed by atoms with Gasteiger partial charge in [0.05, 0.1) is 12.3 Å². The molecule has 0 saturated carbocycles. The Morgan fingerprint density at radius 3 is 3.00 bits per heavy atom. The van der Waals surface area contributed by atoms with Crippen molar-refractivity contribution < 1.29 is 9.53 Å². The minimum atomic E-state index is 0.159. The molecule has 1 saturated heterocycles. The van der Waals surface area contributed by atoms with Crippen LogP contribution in [0.2, 0.25) is 0 Å². The van der Waals surface area contributed by atoms with Crippen molar-refractivity contribution >= 4 is 11.6 Å². The largest absolute Gasteiger partial charge is 0.492 e. The highest BCUT2D eigenvalue weighted by Crippen LogP contribution is 2.29. The second kappa shape index (κ2) is 6.57. The Morgan fingerprint density at radius 1 is 1.42 bits per heavy atom. The summed E-state index contributed by atoms with van der Waals surface area (Å²) in [5, 5.41) is 3.30. The molecule has 1 fully saturated rings. The Kier molecular flexibility index (Phi) is 4.80. The zero-order valence-corrected chi connectivity index (χ0v) is 11.7. The highest BCUT2D eigenvalue weighted by Gasteiger charge is 2.22. The summed E-state index contributed by atoms with van der Waals surface area (Å²) in [5.74, 6) is 1.38. The highest BCUT2D eigenvalue weighted by atomic mass is 16.5. The van der Waals surface area contributed by atoms with Gasteiger partial charge in [0.1, 0.15) is 5.75 Å². The van der Waals surface area contributed by atoms with E-state index in [9.17, 15) is 4.79 Å². The lowest BCUT2D eigenvalue weighted by molar-refractivity contribution is -0.118. The van der Waals surface area contributed by atoms with Crippen LogP contribution in [0.3, 0.4) is 0 Å². The summed E-state index contributed by atoms with van der Waals surface area (Å²) < 4.78 is 5.64. The Hall–Kier alpha value is -1.55. The van der Waals surface area contributed by atoms with Crippen LogP contribution in [0.5, 0.6) is 5.75 Å². The van der Waals surface area contributed by atoms with Gasteiger partial charge >= 0.3 is 0 Å². The van der Waals surface area contributed by atoms with E-state index >= 15 is 0 Å². The van der Waals surface area contributed by atoms with Crippen molar-refractivity contribution in [3.05, 3.63) is 24.3 Å². The third-order valence-corrected chi connectivity index (χ3v) is 3.26. The summed E-state index contributed by atoms with van der Waals surface area (Å²) in [6.07, 6.45) is 0.535. The number of hydrogen-bond acceptors (Lipinski definition) is 3. The Bertz CT molecular complexity index is 434. The lowest BCUT2D eigenvalue weighted by atomic mass is 10.1. The van der Waals surface area contributed by atoms with Gasteiger partial charge in [-0.05, 0) is 31.5 Å². The Balaban J connectivity index is 2.28. The maximum atomic E-state index is 12.3. The molecule has 1 N–H and O–H groups in total. The van der Waals surface area contributed by atoms with Crippen LogP contribution in [-0.4, -0.2) is 32.1 Å². The topological polar surface area (TPSA) is 41.6 Å². The second-order valence-electron chi connectivity index (χ2n) is 4.96. The van der Waals surface area contributed by atoms with Crippen LogP contribution in [0.25, 0.3) is 0 Å². The van der Waals surface area contributed by atoms with Gasteiger partial charge in [-0.25, -0.2) is 0 Å². The molecule has 1 amide bonds. The van der Waals surface area contributed by atoms with E-state index in [0.29, 0.717) is 18.9 Å². The summed E-state index contributed by atoms with van der Waals surface area (Å²) >= 11 is 0. The number of para-hydroxylation sites is 2. The second-order valence-corrected chi connectivity index (χ2v) is 4.96. The van der Waals surface area contributed by atoms with E-state index in [1.54, 1.807) is 0 Å². The first-order valence-electron chi connectivity index (χ1n) is 6.95. The maximum absolute atomic E-state index is 12.3. The highest BCUT2D eigenvalue weighted by molar-refractivity contribution is 5.95. The lowest BCUT2D eigenvalue weighted by Crippen LogP contribution is -2.42. The molecular weight excluding hydrogens is 240 g/mol. The van der Waals surface area contributed by atoms with Gasteiger partial charge in [0.15, 0.2) is 0 Å². The van der Waals surface area contributed by atoms with E-state index in [2.05, 4.69) is 12.2 Å². The van der Waals surface area contributed by atoms with Gasteiger partial charge in [-0.2, -0.15) is 0 Å². The molecule has 1 aromatic rings. The molecule has 1 heterocycles. The van der Waals surface area contributed by atoms with Crippen molar-refractivity contribution in [2.24, 2.45) is 5.92 Å². The monoisotopic (exact) mass is 262 g/mol. The van der Waals surface area contributed by atoms with Gasteiger partial charge in [-0.3, -0.25) is 4.79 Å². The molecule has 1 aliphatic heterocycles. The van der Waals surface area contributed by atoms with Crippen molar-refractivity contribution in [3.8, 4) is 5.75 Å². The first-order valence-corrected chi connectivity index (χ1v) is 6.95. The summed E-state index contributed by atoms with van der Waals surface area (Å²) in [6.45, 7) is 7.14. The number of carbonyl (C=O) groups is 1. The Labute approximate surface area is 114 Å². The van der Waals surface area contributed by atoms with Gasteiger partial charge in [0.2, 0.25) is 5.91 Å². The van der Waals surface area contributed by atoms with Gasteiger partial charge in [0.25, 0.3) is 0 Å². The number of rotatable bonds is 3. The third kappa shape index (κ3) is 3.47. The van der Waals surface area contributed by atoms with Crippen LogP contribution >= 0.6 is 0 Å². The molecule has 1 unspecified atom stereocenters. The fourth-order valence-corrected chi connectivity index (χ4v) is 2.35. The summed E-state index contributed by atoms with van der Waals surface area (Å²) in [6, 6.07) is 7.78. The van der Waals surface area contributed by atoms with Crippen molar-refractivity contribution in [1.29, 1.82) is 0 Å². The van der Waals surface area contributed by atoms with Crippen LogP contribution in [0, 0.1) is 5.92 Å². The molecule has 0 aromatic heterocycles. The molecule has 104 valence electrons. The Morgan fingerprint density at radius 2 is 2.21 bits per heavy atom. The molecule has 2 rings (SSSR count). The van der Waals surface area contributed by atoms with Crippen LogP contribution in [0.4, 0.5) is 5.69 Å². The van der Waals surface area contributed by atoms with Gasteiger partial charge in [-0.15, -0.1) is 0 Å². The molecular formula is C15H22N2O2. The number of nitrogens with zero attached hydrogens (tertiary/aromatic N) is 1. The van der Waals surface area contributed by atoms with E-state index in [1.165, 1.54) is 0 Å². The SMILES string of the molecule is CCOc1ccccc1N1CC(C)CNCCC1=O. The predicted octanol–water partition coefficient (Wildman–Crippen LogP) is 2.05. The van der Waals surface area contributed by atoms with Crippen LogP contribution < -0.4 is 15.0 Å². The van der Waals surface area contributed by atoms with Gasteiger partial charge in [-0.1, -0.05) is 19.1 Å². The zero-order chi connectivity index (χ0) is 13.7. The maximum Gasteiger partial charge on any atom is 0.228 e. The molecule has 0 spiro atoms. The van der Waals surface area contributed by atoms with E-state index in [-0.39, 0.29) is 5.91 Å². The summed E-state index contributed by atoms with van der Waals surface area (Å²) in [7, 11) is 0. The van der Waals surface area contributed by atoms with Crippen molar-refractivity contribution in [2.45, 2.75) is 20.3 Å². The first-order chi connectivity index (χ1) is 9.22. The zero-order valence-electron chi connectivity index (χ0n) is 11.7. The van der Waals surface area contributed by atoms with E-state index in [0.717, 1.165) is 31.1 Å². The molecule has 0 bridgehead atoms. The third-order valence-electron chi connectivity index (χ3n) is 3.26. The molecule has 1 aliphatic rings. The van der Waals surface area contributed by atoms with E-state index in [1.807, 2.05) is 36.1 Å². The van der Waals surface area contributed by atoms with Crippen molar-refractivity contribution in [3.63, 3.8) is 0 Å². The average Bonchev–Trinajstić information content (AvgIpc) is 2.40. The smallest absolute Gasteiger partial charge is 0.228 e. The van der Waals surface area contributed by atoms with Crippen LogP contribution in [-0.2, 0) is 4.79 Å². The fraction of sp³-hybridized carbons (Fsp3) is 0.533. The first kappa shape index (κ1) is 13.9. The van der Waals surface area contributed by atoms with E-state index < -0.39 is 0 Å². The number of anilines is 1. The van der Waals surface area contributed by atoms with E-state index in [4.69, 9.17) is 4.74 Å². The molecule has 0 aliphatic carbocycles. The summed E-state index contributed by atoms with van der Waals surface area (Å²) in [4.78, 5) is 14.2. The van der Waals surface area contributed by atoms with Crippen molar-refractivity contribution in [2.75, 3.05) is 31.1 Å². The standard InChI is InChI=1S/C15H22N2O2/c1-3-19-14-7-5-4-6-13(14)17-11-12(2)10-16-9-8-15(17)18/h4-7,12,16H,3,8-11H2,1-2H3. The number of hydrogen-bond donors (Lipinski definition) is 1. The number of benzene rings is 1. The number of nitrogens with one attached hydrogen (secondary N) is 1. The molecule has 4 heteroatoms. The van der Waals surface area contributed by atoms with Crippen LogP contribution in [0.15, 0.2) is 24.3 Å². The van der Waals surface area contributed by atoms with Gasteiger partial charge in [0, 0.05) is 19.5 Å². The minimum Gasteiger partial charge on any atom is -0.492 e. The average molecular weight is 262 g/mol. The minimum absolute atomic E-state index is 0.159. The normalized spacial score (nSPS) is 20.8. The summed E-state index contributed by atoms with van der Waals surface area (Å²) in [5.41, 5.74) is 0.892. The predicted molar refractivity (Wildman–Crippen MR) is 76.6 cm³/mol. The number of carbonyl (C=O) groups excluding carboxylic acids is 1. The molecule has 4 nitrogen and oxygen atoms in total. The lowest BCUT2D eigenvalue weighted by Gasteiger charge is -2.30. The molecule has 19 heavy (non-hydrogen) atoms. The van der Waals surface area contributed by atoms with Gasteiger partial charge < -0.3 is 15.0 Å². The fourth-order valence-electron chi connectivity index (χ4n) is 2.35. The quantitative estimate of drug-likeness (QED) is 0.906.